The van der Waals surface area contributed by atoms with Crippen molar-refractivity contribution in [3.63, 3.8) is 0 Å². The Balaban J connectivity index is 3.18. The maximum absolute atomic E-state index is 12.8. The molecule has 2 N–H and O–H groups in total. The lowest BCUT2D eigenvalue weighted by atomic mass is 9.97. The van der Waals surface area contributed by atoms with Crippen LogP contribution in [0.2, 0.25) is 0 Å². The van der Waals surface area contributed by atoms with E-state index in [2.05, 4.69) is 0 Å². The molecule has 0 aliphatic rings. The Morgan fingerprint density at radius 2 is 2.16 bits per heavy atom. The van der Waals surface area contributed by atoms with Gasteiger partial charge in [-0.3, -0.25) is 4.79 Å². The Hall–Kier alpha value is -2.00. The molecule has 0 radical (unpaired) electrons. The van der Waals surface area contributed by atoms with Crippen molar-refractivity contribution >= 4 is 5.97 Å². The first-order chi connectivity index (χ1) is 9.03. The van der Waals surface area contributed by atoms with E-state index in [0.29, 0.717) is 5.56 Å². The second-order valence-electron chi connectivity index (χ2n) is 3.81. The molecule has 0 atom stereocenters. The Labute approximate surface area is 109 Å². The van der Waals surface area contributed by atoms with Crippen LogP contribution in [0.5, 0.6) is 0 Å². The predicted octanol–water partition coefficient (Wildman–Crippen LogP) is 2.06. The number of halogens is 2. The van der Waals surface area contributed by atoms with Gasteiger partial charge in [-0.15, -0.1) is 0 Å². The molecule has 0 saturated heterocycles. The second kappa shape index (κ2) is 6.81. The van der Waals surface area contributed by atoms with Crippen LogP contribution in [0.15, 0.2) is 12.1 Å². The molecule has 0 saturated carbocycles. The number of alkyl halides is 2. The smallest absolute Gasteiger partial charge is 0.310 e. The Morgan fingerprint density at radius 1 is 1.47 bits per heavy atom. The summed E-state index contributed by atoms with van der Waals surface area (Å²) in [6.07, 6.45) is -2.84. The Kier molecular flexibility index (Phi) is 5.39. The van der Waals surface area contributed by atoms with Crippen LogP contribution in [-0.2, 0) is 22.5 Å². The van der Waals surface area contributed by atoms with Crippen LogP contribution in [0.4, 0.5) is 8.78 Å². The lowest BCUT2D eigenvalue weighted by molar-refractivity contribution is -0.142. The topological polar surface area (TPSA) is 76.1 Å². The number of benzene rings is 1. The van der Waals surface area contributed by atoms with Crippen molar-refractivity contribution in [2.75, 3.05) is 6.61 Å². The summed E-state index contributed by atoms with van der Waals surface area (Å²) < 4.78 is 30.3. The zero-order valence-electron chi connectivity index (χ0n) is 10.5. The first-order valence-corrected chi connectivity index (χ1v) is 5.73. The number of rotatable bonds is 5. The molecule has 0 aliphatic carbocycles. The number of hydrogen-bond donors (Lipinski definition) is 1. The highest BCUT2D eigenvalue weighted by Gasteiger charge is 2.17. The molecule has 4 nitrogen and oxygen atoms in total. The molecule has 102 valence electrons. The lowest BCUT2D eigenvalue weighted by Crippen LogP contribution is -2.11. The molecule has 0 spiro atoms. The van der Waals surface area contributed by atoms with Crippen LogP contribution < -0.4 is 5.73 Å². The molecule has 1 aromatic carbocycles. The van der Waals surface area contributed by atoms with Gasteiger partial charge in [0.15, 0.2) is 0 Å². The summed E-state index contributed by atoms with van der Waals surface area (Å²) in [6, 6.07) is 4.26. The zero-order valence-corrected chi connectivity index (χ0v) is 10.5. The van der Waals surface area contributed by atoms with Crippen molar-refractivity contribution in [1.82, 2.24) is 0 Å². The van der Waals surface area contributed by atoms with Crippen molar-refractivity contribution in [3.8, 4) is 6.07 Å². The van der Waals surface area contributed by atoms with Gasteiger partial charge in [-0.25, -0.2) is 8.78 Å². The summed E-state index contributed by atoms with van der Waals surface area (Å²) >= 11 is 0. The first-order valence-electron chi connectivity index (χ1n) is 5.73. The van der Waals surface area contributed by atoms with Crippen LogP contribution in [-0.4, -0.2) is 12.6 Å². The maximum Gasteiger partial charge on any atom is 0.310 e. The number of hydrogen-bond acceptors (Lipinski definition) is 4. The molecule has 1 rings (SSSR count). The number of esters is 1. The number of nitrogens with zero attached hydrogens (tertiary/aromatic N) is 1. The van der Waals surface area contributed by atoms with Gasteiger partial charge in [-0.05, 0) is 24.1 Å². The van der Waals surface area contributed by atoms with Crippen molar-refractivity contribution in [3.05, 3.63) is 34.4 Å². The second-order valence-corrected chi connectivity index (χ2v) is 3.81. The fourth-order valence-electron chi connectivity index (χ4n) is 1.71. The van der Waals surface area contributed by atoms with Crippen LogP contribution >= 0.6 is 0 Å². The zero-order chi connectivity index (χ0) is 14.4. The first kappa shape index (κ1) is 15.1. The highest BCUT2D eigenvalue weighted by atomic mass is 19.3. The van der Waals surface area contributed by atoms with Crippen molar-refractivity contribution in [2.45, 2.75) is 26.3 Å². The average molecular weight is 268 g/mol. The minimum absolute atomic E-state index is 0.0422. The van der Waals surface area contributed by atoms with Gasteiger partial charge in [0.2, 0.25) is 0 Å². The number of carbonyl (C=O) groups excluding carboxylic acids is 1. The summed E-state index contributed by atoms with van der Waals surface area (Å²) in [4.78, 5) is 11.4. The number of nitrogens with two attached hydrogens (primary N) is 1. The number of carbonyl (C=O) groups is 1. The number of nitriles is 1. The summed E-state index contributed by atoms with van der Waals surface area (Å²) in [5.74, 6) is -0.508. The van der Waals surface area contributed by atoms with Crippen LogP contribution in [0.25, 0.3) is 0 Å². The Morgan fingerprint density at radius 3 is 2.63 bits per heavy atom. The molecule has 0 heterocycles. The van der Waals surface area contributed by atoms with Gasteiger partial charge in [0.1, 0.15) is 0 Å². The molecule has 0 aromatic heterocycles. The summed E-state index contributed by atoms with van der Waals surface area (Å²) in [5, 5.41) is 8.95. The number of ether oxygens (including phenoxy) is 1. The van der Waals surface area contributed by atoms with Gasteiger partial charge in [0, 0.05) is 12.1 Å². The van der Waals surface area contributed by atoms with Gasteiger partial charge >= 0.3 is 5.97 Å². The summed E-state index contributed by atoms with van der Waals surface area (Å²) in [5.41, 5.74) is 5.76. The van der Waals surface area contributed by atoms with E-state index in [-0.39, 0.29) is 36.3 Å². The molecular weight excluding hydrogens is 254 g/mol. The third kappa shape index (κ3) is 3.73. The highest BCUT2D eigenvalue weighted by Crippen LogP contribution is 2.26. The van der Waals surface area contributed by atoms with E-state index >= 15 is 0 Å². The van der Waals surface area contributed by atoms with E-state index in [1.807, 2.05) is 6.07 Å². The van der Waals surface area contributed by atoms with E-state index in [1.165, 1.54) is 6.07 Å². The van der Waals surface area contributed by atoms with Crippen molar-refractivity contribution in [2.24, 2.45) is 5.73 Å². The van der Waals surface area contributed by atoms with Gasteiger partial charge in [-0.1, -0.05) is 6.07 Å². The van der Waals surface area contributed by atoms with E-state index in [1.54, 1.807) is 6.92 Å². The van der Waals surface area contributed by atoms with E-state index < -0.39 is 12.4 Å². The highest BCUT2D eigenvalue weighted by molar-refractivity contribution is 5.73. The van der Waals surface area contributed by atoms with Crippen molar-refractivity contribution < 1.29 is 18.3 Å². The van der Waals surface area contributed by atoms with Gasteiger partial charge < -0.3 is 10.5 Å². The summed E-state index contributed by atoms with van der Waals surface area (Å²) in [7, 11) is 0. The predicted molar refractivity (Wildman–Crippen MR) is 64.3 cm³/mol. The molecule has 0 aliphatic heterocycles. The third-order valence-electron chi connectivity index (χ3n) is 2.58. The molecular formula is C13H14F2N2O2. The third-order valence-corrected chi connectivity index (χ3v) is 2.58. The van der Waals surface area contributed by atoms with Gasteiger partial charge in [0.25, 0.3) is 6.43 Å². The standard InChI is InChI=1S/C13H14F2N2O2/c1-2-19-12(18)5-8-3-10(7-17)11(13(14)15)4-9(8)6-16/h3-4,13H,2,5,7,17H2,1H3. The van der Waals surface area contributed by atoms with E-state index in [4.69, 9.17) is 15.7 Å². The molecule has 6 heteroatoms. The van der Waals surface area contributed by atoms with Gasteiger partial charge in [-0.2, -0.15) is 5.26 Å². The molecule has 1 aromatic rings. The molecule has 0 amide bonds. The minimum Gasteiger partial charge on any atom is -0.466 e. The SMILES string of the molecule is CCOC(=O)Cc1cc(CN)c(C(F)F)cc1C#N. The molecule has 0 bridgehead atoms. The average Bonchev–Trinajstić information content (AvgIpc) is 2.38. The normalized spacial score (nSPS) is 10.3. The quantitative estimate of drug-likeness (QED) is 0.829. The molecule has 0 unspecified atom stereocenters. The van der Waals surface area contributed by atoms with Crippen LogP contribution in [0.1, 0.15) is 35.6 Å². The molecule has 0 fully saturated rings. The fourth-order valence-corrected chi connectivity index (χ4v) is 1.71. The van der Waals surface area contributed by atoms with Crippen molar-refractivity contribution in [1.29, 1.82) is 5.26 Å². The van der Waals surface area contributed by atoms with E-state index in [9.17, 15) is 13.6 Å². The monoisotopic (exact) mass is 268 g/mol. The Bertz CT molecular complexity index is 510. The largest absolute Gasteiger partial charge is 0.466 e. The minimum atomic E-state index is -2.71. The molecule has 19 heavy (non-hydrogen) atoms. The fraction of sp³-hybridized carbons (Fsp3) is 0.385. The van der Waals surface area contributed by atoms with Crippen LogP contribution in [0, 0.1) is 11.3 Å². The maximum atomic E-state index is 12.8. The summed E-state index contributed by atoms with van der Waals surface area (Å²) in [6.45, 7) is 1.80. The lowest BCUT2D eigenvalue weighted by Gasteiger charge is -2.11. The van der Waals surface area contributed by atoms with Crippen LogP contribution in [0.3, 0.4) is 0 Å². The van der Waals surface area contributed by atoms with Gasteiger partial charge in [0.05, 0.1) is 24.7 Å². The van der Waals surface area contributed by atoms with E-state index in [0.717, 1.165) is 6.07 Å².